The molecule has 0 unspecified atom stereocenters. The number of anilines is 1. The number of likely N-dealkylation sites (tertiary alicyclic amines) is 1. The molecule has 3 rings (SSSR count). The molecule has 7 nitrogen and oxygen atoms in total. The van der Waals surface area contributed by atoms with E-state index in [0.717, 1.165) is 43.2 Å². The summed E-state index contributed by atoms with van der Waals surface area (Å²) in [5.74, 6) is 0.0846. The second-order valence-corrected chi connectivity index (χ2v) is 8.85. The third-order valence-electron chi connectivity index (χ3n) is 4.77. The molecular formula is C20H27N5O2S2. The Morgan fingerprint density at radius 1 is 1.24 bits per heavy atom. The Morgan fingerprint density at radius 3 is 2.66 bits per heavy atom. The highest BCUT2D eigenvalue weighted by atomic mass is 32.2. The van der Waals surface area contributed by atoms with Gasteiger partial charge in [0.2, 0.25) is 0 Å². The SMILES string of the molecule is Cc1ccc(CSc2nsc(NC(=O)NCCCN3CCCC3)c2C(N)=O)cc1. The van der Waals surface area contributed by atoms with E-state index in [9.17, 15) is 9.59 Å². The summed E-state index contributed by atoms with van der Waals surface area (Å²) >= 11 is 2.52. The maximum atomic E-state index is 12.2. The fourth-order valence-corrected chi connectivity index (χ4v) is 5.09. The third kappa shape index (κ3) is 6.45. The molecule has 0 saturated carbocycles. The van der Waals surface area contributed by atoms with Gasteiger partial charge in [-0.3, -0.25) is 10.1 Å². The molecule has 0 aliphatic carbocycles. The minimum Gasteiger partial charge on any atom is -0.365 e. The van der Waals surface area contributed by atoms with Gasteiger partial charge in [0.25, 0.3) is 5.91 Å². The van der Waals surface area contributed by atoms with Gasteiger partial charge in [0.1, 0.15) is 15.6 Å². The summed E-state index contributed by atoms with van der Waals surface area (Å²) in [4.78, 5) is 26.5. The Hall–Kier alpha value is -2.10. The molecule has 1 aromatic heterocycles. The predicted molar refractivity (Wildman–Crippen MR) is 119 cm³/mol. The Kier molecular flexibility index (Phi) is 7.91. The predicted octanol–water partition coefficient (Wildman–Crippen LogP) is 3.45. The van der Waals surface area contributed by atoms with Gasteiger partial charge in [-0.1, -0.05) is 41.6 Å². The number of primary amides is 1. The second-order valence-electron chi connectivity index (χ2n) is 7.11. The van der Waals surface area contributed by atoms with E-state index in [0.29, 0.717) is 22.3 Å². The molecule has 0 atom stereocenters. The smallest absolute Gasteiger partial charge is 0.319 e. The Bertz CT molecular complexity index is 832. The van der Waals surface area contributed by atoms with E-state index >= 15 is 0 Å². The number of nitrogens with zero attached hydrogens (tertiary/aromatic N) is 2. The van der Waals surface area contributed by atoms with Crippen molar-refractivity contribution in [3.8, 4) is 0 Å². The lowest BCUT2D eigenvalue weighted by Crippen LogP contribution is -2.32. The number of hydrogen-bond donors (Lipinski definition) is 3. The average Bonchev–Trinajstić information content (AvgIpc) is 3.34. The van der Waals surface area contributed by atoms with Crippen LogP contribution in [0.15, 0.2) is 29.3 Å². The number of rotatable bonds is 9. The van der Waals surface area contributed by atoms with Crippen molar-refractivity contribution >= 4 is 40.2 Å². The lowest BCUT2D eigenvalue weighted by atomic mass is 10.2. The number of thioether (sulfide) groups is 1. The number of benzene rings is 1. The zero-order valence-electron chi connectivity index (χ0n) is 16.6. The first-order valence-electron chi connectivity index (χ1n) is 9.78. The minimum atomic E-state index is -0.588. The first-order valence-corrected chi connectivity index (χ1v) is 11.5. The number of carbonyl (C=O) groups is 2. The molecule has 29 heavy (non-hydrogen) atoms. The zero-order chi connectivity index (χ0) is 20.6. The summed E-state index contributed by atoms with van der Waals surface area (Å²) in [5, 5.41) is 6.50. The van der Waals surface area contributed by atoms with Crippen LogP contribution in [0.1, 0.15) is 40.7 Å². The average molecular weight is 434 g/mol. The van der Waals surface area contributed by atoms with E-state index in [1.807, 2.05) is 31.2 Å². The molecule has 0 radical (unpaired) electrons. The van der Waals surface area contributed by atoms with Crippen molar-refractivity contribution in [2.45, 2.75) is 37.0 Å². The van der Waals surface area contributed by atoms with Gasteiger partial charge in [-0.05, 0) is 62.9 Å². The highest BCUT2D eigenvalue weighted by Gasteiger charge is 2.21. The van der Waals surface area contributed by atoms with Gasteiger partial charge in [-0.15, -0.1) is 0 Å². The molecule has 2 aromatic rings. The summed E-state index contributed by atoms with van der Waals surface area (Å²) in [5.41, 5.74) is 8.16. The lowest BCUT2D eigenvalue weighted by Gasteiger charge is -2.14. The van der Waals surface area contributed by atoms with E-state index in [-0.39, 0.29) is 11.6 Å². The molecule has 3 amide bonds. The van der Waals surface area contributed by atoms with E-state index in [4.69, 9.17) is 5.73 Å². The van der Waals surface area contributed by atoms with Crippen LogP contribution in [0.5, 0.6) is 0 Å². The van der Waals surface area contributed by atoms with Crippen molar-refractivity contribution in [3.05, 3.63) is 41.0 Å². The minimum absolute atomic E-state index is 0.277. The second kappa shape index (κ2) is 10.6. The first-order chi connectivity index (χ1) is 14.0. The Labute approximate surface area is 179 Å². The number of nitrogens with two attached hydrogens (primary N) is 1. The van der Waals surface area contributed by atoms with Crippen LogP contribution >= 0.6 is 23.3 Å². The van der Waals surface area contributed by atoms with Crippen LogP contribution in [0, 0.1) is 6.92 Å². The van der Waals surface area contributed by atoms with Gasteiger partial charge in [-0.25, -0.2) is 4.79 Å². The molecule has 9 heteroatoms. The van der Waals surface area contributed by atoms with Gasteiger partial charge in [0.15, 0.2) is 0 Å². The summed E-state index contributed by atoms with van der Waals surface area (Å²) in [6.07, 6.45) is 3.43. The van der Waals surface area contributed by atoms with E-state index in [1.54, 1.807) is 0 Å². The van der Waals surface area contributed by atoms with Gasteiger partial charge >= 0.3 is 6.03 Å². The number of aryl methyl sites for hydroxylation is 1. The summed E-state index contributed by atoms with van der Waals surface area (Å²) < 4.78 is 4.33. The Balaban J connectivity index is 1.51. The molecule has 1 aliphatic rings. The number of aromatic nitrogens is 1. The van der Waals surface area contributed by atoms with Crippen LogP contribution in [0.3, 0.4) is 0 Å². The number of hydrogen-bond acceptors (Lipinski definition) is 6. The quantitative estimate of drug-likeness (QED) is 0.415. The molecule has 2 heterocycles. The number of amides is 3. The van der Waals surface area contributed by atoms with Crippen LogP contribution in [0.25, 0.3) is 0 Å². The van der Waals surface area contributed by atoms with E-state index in [1.165, 1.54) is 30.2 Å². The number of urea groups is 1. The molecular weight excluding hydrogens is 406 g/mol. The van der Waals surface area contributed by atoms with Crippen molar-refractivity contribution in [1.82, 2.24) is 14.6 Å². The molecule has 1 aliphatic heterocycles. The molecule has 1 aromatic carbocycles. The van der Waals surface area contributed by atoms with Crippen molar-refractivity contribution in [2.75, 3.05) is 31.5 Å². The fraction of sp³-hybridized carbons (Fsp3) is 0.450. The molecule has 0 bridgehead atoms. The third-order valence-corrected chi connectivity index (χ3v) is 6.69. The van der Waals surface area contributed by atoms with Crippen LogP contribution in [0.2, 0.25) is 0 Å². The molecule has 156 valence electrons. The standard InChI is InChI=1S/C20H27N5O2S2/c1-14-5-7-15(8-6-14)13-28-19-16(17(21)26)18(29-24-19)23-20(27)22-9-4-12-25-10-2-3-11-25/h5-8H,2-4,9-13H2,1H3,(H2,21,26)(H2,22,23,27). The highest BCUT2D eigenvalue weighted by Crippen LogP contribution is 2.33. The van der Waals surface area contributed by atoms with Crippen molar-refractivity contribution in [3.63, 3.8) is 0 Å². The van der Waals surface area contributed by atoms with Crippen LogP contribution in [0.4, 0.5) is 9.80 Å². The molecule has 0 spiro atoms. The van der Waals surface area contributed by atoms with Crippen molar-refractivity contribution < 1.29 is 9.59 Å². The maximum Gasteiger partial charge on any atom is 0.319 e. The number of nitrogens with one attached hydrogen (secondary N) is 2. The van der Waals surface area contributed by atoms with Gasteiger partial charge < -0.3 is 16.0 Å². The van der Waals surface area contributed by atoms with Gasteiger partial charge in [-0.2, -0.15) is 4.37 Å². The molecule has 1 fully saturated rings. The summed E-state index contributed by atoms with van der Waals surface area (Å²) in [7, 11) is 0. The van der Waals surface area contributed by atoms with Gasteiger partial charge in [0, 0.05) is 12.3 Å². The highest BCUT2D eigenvalue weighted by molar-refractivity contribution is 7.98. The zero-order valence-corrected chi connectivity index (χ0v) is 18.2. The normalized spacial score (nSPS) is 14.1. The topological polar surface area (TPSA) is 100 Å². The van der Waals surface area contributed by atoms with Crippen LogP contribution < -0.4 is 16.4 Å². The maximum absolute atomic E-state index is 12.2. The molecule has 4 N–H and O–H groups in total. The fourth-order valence-electron chi connectivity index (χ4n) is 3.17. The molecule has 1 saturated heterocycles. The monoisotopic (exact) mass is 433 g/mol. The first kappa shape index (κ1) is 21.6. The van der Waals surface area contributed by atoms with Crippen molar-refractivity contribution in [2.24, 2.45) is 5.73 Å². The van der Waals surface area contributed by atoms with Crippen LogP contribution in [-0.4, -0.2) is 47.4 Å². The van der Waals surface area contributed by atoms with Gasteiger partial charge in [0.05, 0.1) is 0 Å². The van der Waals surface area contributed by atoms with E-state index < -0.39 is 5.91 Å². The lowest BCUT2D eigenvalue weighted by molar-refractivity contribution is 0.0998. The summed E-state index contributed by atoms with van der Waals surface area (Å²) in [6, 6.07) is 7.86. The largest absolute Gasteiger partial charge is 0.365 e. The van der Waals surface area contributed by atoms with E-state index in [2.05, 4.69) is 19.9 Å². The Morgan fingerprint density at radius 2 is 1.97 bits per heavy atom. The van der Waals surface area contributed by atoms with Crippen molar-refractivity contribution in [1.29, 1.82) is 0 Å². The number of carbonyl (C=O) groups excluding carboxylic acids is 2. The summed E-state index contributed by atoms with van der Waals surface area (Å²) in [6.45, 7) is 5.92. The van der Waals surface area contributed by atoms with Crippen LogP contribution in [-0.2, 0) is 5.75 Å².